The Bertz CT molecular complexity index is 257. The quantitative estimate of drug-likeness (QED) is 0.686. The zero-order chi connectivity index (χ0) is 14.2. The summed E-state index contributed by atoms with van der Waals surface area (Å²) in [6.45, 7) is 11.7. The SMILES string of the molecule is CCCC(C)N(C)CCCC(C)(C#N)NC(C)C. The van der Waals surface area contributed by atoms with E-state index in [9.17, 15) is 5.26 Å². The van der Waals surface area contributed by atoms with Crippen LogP contribution >= 0.6 is 0 Å². The lowest BCUT2D eigenvalue weighted by molar-refractivity contribution is 0.231. The number of hydrogen-bond acceptors (Lipinski definition) is 3. The highest BCUT2D eigenvalue weighted by Crippen LogP contribution is 2.14. The summed E-state index contributed by atoms with van der Waals surface area (Å²) in [5.41, 5.74) is -0.386. The van der Waals surface area contributed by atoms with E-state index < -0.39 is 0 Å². The third kappa shape index (κ3) is 6.98. The second kappa shape index (κ2) is 8.50. The molecule has 3 nitrogen and oxygen atoms in total. The van der Waals surface area contributed by atoms with Gasteiger partial charge in [0, 0.05) is 12.1 Å². The molecule has 18 heavy (non-hydrogen) atoms. The molecule has 0 spiro atoms. The maximum absolute atomic E-state index is 9.27. The van der Waals surface area contributed by atoms with Crippen LogP contribution in [0.4, 0.5) is 0 Å². The molecule has 0 aliphatic rings. The molecule has 0 aliphatic carbocycles. The summed E-state index contributed by atoms with van der Waals surface area (Å²) in [4.78, 5) is 2.40. The minimum Gasteiger partial charge on any atom is -0.304 e. The molecule has 0 bridgehead atoms. The van der Waals surface area contributed by atoms with E-state index in [-0.39, 0.29) is 5.54 Å². The average Bonchev–Trinajstić information content (AvgIpc) is 2.28. The number of nitriles is 1. The van der Waals surface area contributed by atoms with Crippen molar-refractivity contribution in [1.82, 2.24) is 10.2 Å². The third-order valence-electron chi connectivity index (χ3n) is 3.50. The lowest BCUT2D eigenvalue weighted by Gasteiger charge is -2.28. The molecule has 0 rings (SSSR count). The Balaban J connectivity index is 4.05. The Morgan fingerprint density at radius 2 is 1.94 bits per heavy atom. The van der Waals surface area contributed by atoms with Crippen LogP contribution in [0.5, 0.6) is 0 Å². The molecule has 2 atom stereocenters. The van der Waals surface area contributed by atoms with Gasteiger partial charge in [-0.3, -0.25) is 5.32 Å². The van der Waals surface area contributed by atoms with Crippen LogP contribution in [0.15, 0.2) is 0 Å². The van der Waals surface area contributed by atoms with Gasteiger partial charge in [0.1, 0.15) is 5.54 Å². The van der Waals surface area contributed by atoms with Crippen molar-refractivity contribution in [3.8, 4) is 6.07 Å². The summed E-state index contributed by atoms with van der Waals surface area (Å²) in [5, 5.41) is 12.6. The van der Waals surface area contributed by atoms with Gasteiger partial charge in [-0.05, 0) is 60.5 Å². The molecule has 0 saturated carbocycles. The van der Waals surface area contributed by atoms with Crippen molar-refractivity contribution in [1.29, 1.82) is 5.26 Å². The molecule has 0 saturated heterocycles. The second-order valence-corrected chi connectivity index (χ2v) is 5.96. The van der Waals surface area contributed by atoms with Gasteiger partial charge in [-0.25, -0.2) is 0 Å². The van der Waals surface area contributed by atoms with Gasteiger partial charge >= 0.3 is 0 Å². The Morgan fingerprint density at radius 3 is 2.39 bits per heavy atom. The number of rotatable bonds is 9. The van der Waals surface area contributed by atoms with Crippen molar-refractivity contribution in [2.24, 2.45) is 0 Å². The number of nitrogens with zero attached hydrogens (tertiary/aromatic N) is 2. The summed E-state index contributed by atoms with van der Waals surface area (Å²) >= 11 is 0. The van der Waals surface area contributed by atoms with Gasteiger partial charge in [0.05, 0.1) is 6.07 Å². The maximum atomic E-state index is 9.27. The molecule has 0 aromatic rings. The molecule has 0 heterocycles. The molecular formula is C15H31N3. The van der Waals surface area contributed by atoms with E-state index in [0.29, 0.717) is 12.1 Å². The van der Waals surface area contributed by atoms with E-state index in [4.69, 9.17) is 0 Å². The Hall–Kier alpha value is -0.590. The fraction of sp³-hybridized carbons (Fsp3) is 0.933. The maximum Gasteiger partial charge on any atom is 0.104 e. The normalized spacial score (nSPS) is 16.6. The topological polar surface area (TPSA) is 39.1 Å². The van der Waals surface area contributed by atoms with Crippen molar-refractivity contribution < 1.29 is 0 Å². The first-order chi connectivity index (χ1) is 8.34. The van der Waals surface area contributed by atoms with E-state index in [1.54, 1.807) is 0 Å². The fourth-order valence-electron chi connectivity index (χ4n) is 2.34. The van der Waals surface area contributed by atoms with Crippen molar-refractivity contribution in [2.45, 2.75) is 77.9 Å². The molecule has 0 aromatic heterocycles. The van der Waals surface area contributed by atoms with Gasteiger partial charge in [0.2, 0.25) is 0 Å². The van der Waals surface area contributed by atoms with Crippen LogP contribution in [0.25, 0.3) is 0 Å². The highest BCUT2D eigenvalue weighted by Gasteiger charge is 2.24. The molecule has 1 N–H and O–H groups in total. The largest absolute Gasteiger partial charge is 0.304 e. The Morgan fingerprint density at radius 1 is 1.33 bits per heavy atom. The summed E-state index contributed by atoms with van der Waals surface area (Å²) in [7, 11) is 2.18. The van der Waals surface area contributed by atoms with Crippen LogP contribution in [0.1, 0.15) is 60.3 Å². The first kappa shape index (κ1) is 17.4. The van der Waals surface area contributed by atoms with Gasteiger partial charge in [-0.15, -0.1) is 0 Å². The minimum absolute atomic E-state index is 0.353. The smallest absolute Gasteiger partial charge is 0.104 e. The van der Waals surface area contributed by atoms with Gasteiger partial charge in [-0.1, -0.05) is 13.3 Å². The first-order valence-electron chi connectivity index (χ1n) is 7.23. The number of nitrogens with one attached hydrogen (secondary N) is 1. The fourth-order valence-corrected chi connectivity index (χ4v) is 2.34. The molecule has 0 amide bonds. The highest BCUT2D eigenvalue weighted by atomic mass is 15.1. The van der Waals surface area contributed by atoms with Crippen molar-refractivity contribution in [2.75, 3.05) is 13.6 Å². The molecule has 0 aromatic carbocycles. The Labute approximate surface area is 114 Å². The zero-order valence-electron chi connectivity index (χ0n) is 13.1. The van der Waals surface area contributed by atoms with E-state index in [2.05, 4.69) is 51.0 Å². The van der Waals surface area contributed by atoms with Crippen LogP contribution < -0.4 is 5.32 Å². The minimum atomic E-state index is -0.386. The predicted molar refractivity (Wildman–Crippen MR) is 78.5 cm³/mol. The lowest BCUT2D eigenvalue weighted by atomic mass is 9.96. The summed E-state index contributed by atoms with van der Waals surface area (Å²) in [5.74, 6) is 0. The second-order valence-electron chi connectivity index (χ2n) is 5.96. The molecule has 0 aliphatic heterocycles. The molecule has 0 fully saturated rings. The van der Waals surface area contributed by atoms with E-state index >= 15 is 0 Å². The predicted octanol–water partition coefficient (Wildman–Crippen LogP) is 3.17. The lowest BCUT2D eigenvalue weighted by Crippen LogP contribution is -2.45. The highest BCUT2D eigenvalue weighted by molar-refractivity contribution is 5.04. The van der Waals surface area contributed by atoms with Crippen LogP contribution in [0.3, 0.4) is 0 Å². The Kier molecular flexibility index (Phi) is 8.22. The van der Waals surface area contributed by atoms with E-state index in [0.717, 1.165) is 19.4 Å². The van der Waals surface area contributed by atoms with Gasteiger partial charge in [0.15, 0.2) is 0 Å². The zero-order valence-corrected chi connectivity index (χ0v) is 13.1. The van der Waals surface area contributed by atoms with E-state index in [1.165, 1.54) is 12.8 Å². The third-order valence-corrected chi connectivity index (χ3v) is 3.50. The van der Waals surface area contributed by atoms with Crippen LogP contribution in [-0.2, 0) is 0 Å². The van der Waals surface area contributed by atoms with Crippen molar-refractivity contribution in [3.05, 3.63) is 0 Å². The van der Waals surface area contributed by atoms with E-state index in [1.807, 2.05) is 6.92 Å². The van der Waals surface area contributed by atoms with Crippen LogP contribution in [-0.4, -0.2) is 36.1 Å². The van der Waals surface area contributed by atoms with Crippen molar-refractivity contribution >= 4 is 0 Å². The van der Waals surface area contributed by atoms with Crippen LogP contribution in [0.2, 0.25) is 0 Å². The average molecular weight is 253 g/mol. The molecule has 2 unspecified atom stereocenters. The number of hydrogen-bond donors (Lipinski definition) is 1. The van der Waals surface area contributed by atoms with Gasteiger partial charge in [-0.2, -0.15) is 5.26 Å². The standard InChI is InChI=1S/C15H31N3/c1-7-9-14(4)18(6)11-8-10-15(5,12-16)17-13(2)3/h13-14,17H,7-11H2,1-6H3. The van der Waals surface area contributed by atoms with Gasteiger partial charge in [0.25, 0.3) is 0 Å². The van der Waals surface area contributed by atoms with Crippen molar-refractivity contribution in [3.63, 3.8) is 0 Å². The summed E-state index contributed by atoms with van der Waals surface area (Å²) in [6.07, 6.45) is 4.45. The summed E-state index contributed by atoms with van der Waals surface area (Å²) < 4.78 is 0. The molecule has 3 heteroatoms. The molecule has 106 valence electrons. The molecular weight excluding hydrogens is 222 g/mol. The van der Waals surface area contributed by atoms with Gasteiger partial charge < -0.3 is 4.90 Å². The monoisotopic (exact) mass is 253 g/mol. The molecule has 0 radical (unpaired) electrons. The van der Waals surface area contributed by atoms with Crippen LogP contribution in [0, 0.1) is 11.3 Å². The summed E-state index contributed by atoms with van der Waals surface area (Å²) in [6, 6.07) is 3.40. The first-order valence-corrected chi connectivity index (χ1v) is 7.23.